The Morgan fingerprint density at radius 2 is 2.10 bits per heavy atom. The lowest BCUT2D eigenvalue weighted by Crippen LogP contribution is -2.56. The van der Waals surface area contributed by atoms with Crippen LogP contribution in [0.3, 0.4) is 0 Å². The van der Waals surface area contributed by atoms with Crippen LogP contribution in [-0.2, 0) is 14.3 Å². The summed E-state index contributed by atoms with van der Waals surface area (Å²) in [6.07, 6.45) is 6.21. The van der Waals surface area contributed by atoms with Gasteiger partial charge in [-0.15, -0.1) is 0 Å². The molecule has 7 heteroatoms. The van der Waals surface area contributed by atoms with E-state index in [1.54, 1.807) is 12.0 Å². The first-order chi connectivity index (χ1) is 14.6. The summed E-state index contributed by atoms with van der Waals surface area (Å²) >= 11 is 0. The highest BCUT2D eigenvalue weighted by atomic mass is 16.5. The van der Waals surface area contributed by atoms with Crippen molar-refractivity contribution in [2.24, 2.45) is 5.92 Å². The third kappa shape index (κ3) is 6.06. The number of amides is 2. The summed E-state index contributed by atoms with van der Waals surface area (Å²) in [5.41, 5.74) is 0.991. The highest BCUT2D eigenvalue weighted by Gasteiger charge is 2.32. The van der Waals surface area contributed by atoms with E-state index in [1.807, 2.05) is 43.5 Å². The van der Waals surface area contributed by atoms with Crippen LogP contribution in [0.25, 0.3) is 6.08 Å². The van der Waals surface area contributed by atoms with Gasteiger partial charge in [0, 0.05) is 52.0 Å². The topological polar surface area (TPSA) is 71.1 Å². The van der Waals surface area contributed by atoms with Crippen LogP contribution < -0.4 is 10.1 Å². The molecule has 0 bridgehead atoms. The average molecular weight is 416 g/mol. The summed E-state index contributed by atoms with van der Waals surface area (Å²) in [7, 11) is 3.49. The smallest absolute Gasteiger partial charge is 0.237 e. The van der Waals surface area contributed by atoms with Gasteiger partial charge in [0.25, 0.3) is 0 Å². The SMILES string of the molecule is COc1ccccc1C=CCN1CCNC(=O)C1CC(=O)N(C)CC1CCOCC1. The van der Waals surface area contributed by atoms with E-state index in [2.05, 4.69) is 10.2 Å². The van der Waals surface area contributed by atoms with Crippen LogP contribution in [0.4, 0.5) is 0 Å². The van der Waals surface area contributed by atoms with Crippen LogP contribution in [0.5, 0.6) is 5.75 Å². The molecule has 0 spiro atoms. The molecule has 30 heavy (non-hydrogen) atoms. The summed E-state index contributed by atoms with van der Waals surface area (Å²) in [6.45, 7) is 4.19. The summed E-state index contributed by atoms with van der Waals surface area (Å²) < 4.78 is 10.8. The van der Waals surface area contributed by atoms with Gasteiger partial charge < -0.3 is 19.7 Å². The fraction of sp³-hybridized carbons (Fsp3) is 0.565. The van der Waals surface area contributed by atoms with Crippen molar-refractivity contribution in [2.45, 2.75) is 25.3 Å². The fourth-order valence-corrected chi connectivity index (χ4v) is 4.06. The Morgan fingerprint density at radius 1 is 1.33 bits per heavy atom. The predicted octanol–water partition coefficient (Wildman–Crippen LogP) is 1.78. The van der Waals surface area contributed by atoms with Crippen molar-refractivity contribution >= 4 is 17.9 Å². The van der Waals surface area contributed by atoms with Crippen molar-refractivity contribution < 1.29 is 19.1 Å². The Morgan fingerprint density at radius 3 is 2.87 bits per heavy atom. The minimum Gasteiger partial charge on any atom is -0.496 e. The van der Waals surface area contributed by atoms with Gasteiger partial charge in [0.05, 0.1) is 19.6 Å². The van der Waals surface area contributed by atoms with Gasteiger partial charge >= 0.3 is 0 Å². The summed E-state index contributed by atoms with van der Waals surface area (Å²) in [4.78, 5) is 29.2. The molecule has 2 saturated heterocycles. The lowest BCUT2D eigenvalue weighted by atomic mass is 9.99. The number of carbonyl (C=O) groups is 2. The number of nitrogens with zero attached hydrogens (tertiary/aromatic N) is 2. The summed E-state index contributed by atoms with van der Waals surface area (Å²) in [6, 6.07) is 7.37. The van der Waals surface area contributed by atoms with Crippen molar-refractivity contribution in [3.05, 3.63) is 35.9 Å². The van der Waals surface area contributed by atoms with Crippen molar-refractivity contribution in [3.63, 3.8) is 0 Å². The van der Waals surface area contributed by atoms with E-state index in [0.717, 1.165) is 50.5 Å². The maximum Gasteiger partial charge on any atom is 0.237 e. The molecule has 1 atom stereocenters. The van der Waals surface area contributed by atoms with E-state index >= 15 is 0 Å². The zero-order valence-corrected chi connectivity index (χ0v) is 18.0. The number of para-hydroxylation sites is 1. The maximum absolute atomic E-state index is 12.8. The van der Waals surface area contributed by atoms with E-state index in [0.29, 0.717) is 19.0 Å². The van der Waals surface area contributed by atoms with Gasteiger partial charge in [-0.2, -0.15) is 0 Å². The molecule has 164 valence electrons. The number of ether oxygens (including phenoxy) is 2. The maximum atomic E-state index is 12.8. The van der Waals surface area contributed by atoms with E-state index in [1.165, 1.54) is 0 Å². The molecule has 2 aliphatic rings. The van der Waals surface area contributed by atoms with Gasteiger partial charge in [-0.1, -0.05) is 30.4 Å². The van der Waals surface area contributed by atoms with Crippen molar-refractivity contribution in [1.29, 1.82) is 0 Å². The summed E-state index contributed by atoms with van der Waals surface area (Å²) in [5.74, 6) is 1.24. The lowest BCUT2D eigenvalue weighted by Gasteiger charge is -2.35. The number of hydrogen-bond acceptors (Lipinski definition) is 5. The number of nitrogens with one attached hydrogen (secondary N) is 1. The molecule has 1 unspecified atom stereocenters. The van der Waals surface area contributed by atoms with Crippen molar-refractivity contribution in [1.82, 2.24) is 15.1 Å². The highest BCUT2D eigenvalue weighted by Crippen LogP contribution is 2.20. The molecular formula is C23H33N3O4. The van der Waals surface area contributed by atoms with Crippen LogP contribution in [0.2, 0.25) is 0 Å². The van der Waals surface area contributed by atoms with E-state index in [-0.39, 0.29) is 18.2 Å². The minimum atomic E-state index is -0.439. The second-order valence-electron chi connectivity index (χ2n) is 7.98. The Kier molecular flexibility index (Phi) is 8.28. The first-order valence-electron chi connectivity index (χ1n) is 10.7. The third-order valence-electron chi connectivity index (χ3n) is 5.88. The van der Waals surface area contributed by atoms with Crippen molar-refractivity contribution in [3.8, 4) is 5.75 Å². The molecule has 0 aromatic heterocycles. The van der Waals surface area contributed by atoms with Crippen LogP contribution in [-0.4, -0.2) is 81.2 Å². The zero-order chi connectivity index (χ0) is 21.3. The molecular weight excluding hydrogens is 382 g/mol. The highest BCUT2D eigenvalue weighted by molar-refractivity contribution is 5.88. The minimum absolute atomic E-state index is 0.0160. The first kappa shape index (κ1) is 22.3. The Labute approximate surface area is 179 Å². The molecule has 2 fully saturated rings. The Hall–Kier alpha value is -2.38. The molecule has 1 aromatic rings. The van der Waals surface area contributed by atoms with Crippen LogP contribution in [0.1, 0.15) is 24.8 Å². The predicted molar refractivity (Wildman–Crippen MR) is 116 cm³/mol. The van der Waals surface area contributed by atoms with Gasteiger partial charge in [-0.05, 0) is 24.8 Å². The second-order valence-corrected chi connectivity index (χ2v) is 7.98. The molecule has 1 N–H and O–H groups in total. The quantitative estimate of drug-likeness (QED) is 0.701. The molecule has 0 aliphatic carbocycles. The number of carbonyl (C=O) groups excluding carboxylic acids is 2. The van der Waals surface area contributed by atoms with Gasteiger partial charge in [0.1, 0.15) is 5.75 Å². The molecule has 0 radical (unpaired) electrons. The van der Waals surface area contributed by atoms with Gasteiger partial charge in [-0.3, -0.25) is 14.5 Å². The van der Waals surface area contributed by atoms with E-state index in [4.69, 9.17) is 9.47 Å². The molecule has 2 amide bonds. The monoisotopic (exact) mass is 415 g/mol. The number of rotatable bonds is 8. The van der Waals surface area contributed by atoms with E-state index < -0.39 is 6.04 Å². The second kappa shape index (κ2) is 11.1. The number of hydrogen-bond donors (Lipinski definition) is 1. The van der Waals surface area contributed by atoms with Crippen molar-refractivity contribution in [2.75, 3.05) is 53.6 Å². The summed E-state index contributed by atoms with van der Waals surface area (Å²) in [5, 5.41) is 2.90. The third-order valence-corrected chi connectivity index (χ3v) is 5.88. The van der Waals surface area contributed by atoms with Gasteiger partial charge in [0.15, 0.2) is 0 Å². The molecule has 3 rings (SSSR count). The van der Waals surface area contributed by atoms with Gasteiger partial charge in [0.2, 0.25) is 11.8 Å². The normalized spacial score (nSPS) is 20.9. The molecule has 1 aromatic carbocycles. The average Bonchev–Trinajstić information content (AvgIpc) is 2.76. The van der Waals surface area contributed by atoms with Crippen LogP contribution in [0.15, 0.2) is 30.3 Å². The van der Waals surface area contributed by atoms with E-state index in [9.17, 15) is 9.59 Å². The number of piperazine rings is 1. The largest absolute Gasteiger partial charge is 0.496 e. The number of methoxy groups -OCH3 is 1. The number of benzene rings is 1. The Balaban J connectivity index is 1.57. The molecule has 0 saturated carbocycles. The Bertz CT molecular complexity index is 746. The van der Waals surface area contributed by atoms with Crippen LogP contribution >= 0.6 is 0 Å². The lowest BCUT2D eigenvalue weighted by molar-refractivity contribution is -0.138. The first-order valence-corrected chi connectivity index (χ1v) is 10.7. The molecule has 2 aliphatic heterocycles. The van der Waals surface area contributed by atoms with Gasteiger partial charge in [-0.25, -0.2) is 0 Å². The molecule has 7 nitrogen and oxygen atoms in total. The van der Waals surface area contributed by atoms with Crippen LogP contribution in [0, 0.1) is 5.92 Å². The molecule has 2 heterocycles. The fourth-order valence-electron chi connectivity index (χ4n) is 4.06. The zero-order valence-electron chi connectivity index (χ0n) is 18.0. The standard InChI is InChI=1S/C23H33N3O4/c1-25(17-18-9-14-30-15-10-18)22(27)16-20-23(28)24-11-13-26(20)12-5-7-19-6-3-4-8-21(19)29-2/h3-8,18,20H,9-17H2,1-2H3,(H,24,28).